The Morgan fingerprint density at radius 3 is 2.71 bits per heavy atom. The van der Waals surface area contributed by atoms with E-state index in [9.17, 15) is 8.42 Å². The van der Waals surface area contributed by atoms with Crippen molar-refractivity contribution in [2.24, 2.45) is 5.73 Å². The maximum atomic E-state index is 12.5. The standard InChI is InChI=1S/C13H12ClN3O2S2/c1-8-4-5-9(12(15)20)7-11(8)21(18,19)17-13-10(14)3-2-6-16-13/h2-7H,1H3,(H2,15,20)(H,16,17). The van der Waals surface area contributed by atoms with E-state index in [2.05, 4.69) is 9.71 Å². The molecule has 0 aliphatic heterocycles. The molecule has 21 heavy (non-hydrogen) atoms. The number of nitrogens with two attached hydrogens (primary N) is 1. The lowest BCUT2D eigenvalue weighted by molar-refractivity contribution is 0.600. The van der Waals surface area contributed by atoms with Gasteiger partial charge < -0.3 is 5.73 Å². The number of aromatic nitrogens is 1. The highest BCUT2D eigenvalue weighted by Gasteiger charge is 2.19. The van der Waals surface area contributed by atoms with Gasteiger partial charge in [0.15, 0.2) is 5.82 Å². The Morgan fingerprint density at radius 2 is 2.10 bits per heavy atom. The summed E-state index contributed by atoms with van der Waals surface area (Å²) in [6.07, 6.45) is 1.45. The molecule has 0 amide bonds. The van der Waals surface area contributed by atoms with Crippen LogP contribution in [-0.4, -0.2) is 18.4 Å². The van der Waals surface area contributed by atoms with E-state index in [0.29, 0.717) is 11.1 Å². The van der Waals surface area contributed by atoms with Crippen LogP contribution in [0.15, 0.2) is 41.4 Å². The Labute approximate surface area is 133 Å². The summed E-state index contributed by atoms with van der Waals surface area (Å²) in [5.41, 5.74) is 6.57. The lowest BCUT2D eigenvalue weighted by atomic mass is 10.1. The molecular weight excluding hydrogens is 330 g/mol. The molecular formula is C13H12ClN3O2S2. The summed E-state index contributed by atoms with van der Waals surface area (Å²) < 4.78 is 27.3. The van der Waals surface area contributed by atoms with Crippen LogP contribution in [0.1, 0.15) is 11.1 Å². The minimum atomic E-state index is -3.83. The second kappa shape index (κ2) is 5.97. The summed E-state index contributed by atoms with van der Waals surface area (Å²) in [7, 11) is -3.83. The summed E-state index contributed by atoms with van der Waals surface area (Å²) >= 11 is 10.8. The van der Waals surface area contributed by atoms with Gasteiger partial charge in [-0.25, -0.2) is 13.4 Å². The third kappa shape index (κ3) is 3.49. The van der Waals surface area contributed by atoms with Crippen molar-refractivity contribution in [3.8, 4) is 0 Å². The lowest BCUT2D eigenvalue weighted by Crippen LogP contribution is -2.17. The number of anilines is 1. The number of halogens is 1. The molecule has 1 aromatic heterocycles. The van der Waals surface area contributed by atoms with E-state index in [1.54, 1.807) is 31.2 Å². The second-order valence-corrected chi connectivity index (χ2v) is 6.78. The molecule has 110 valence electrons. The van der Waals surface area contributed by atoms with Gasteiger partial charge in [0, 0.05) is 11.8 Å². The molecule has 1 aromatic carbocycles. The summed E-state index contributed by atoms with van der Waals surface area (Å²) in [5, 5.41) is 0.212. The van der Waals surface area contributed by atoms with Gasteiger partial charge in [-0.3, -0.25) is 4.72 Å². The Balaban J connectivity index is 2.47. The topological polar surface area (TPSA) is 85.1 Å². The molecule has 2 aromatic rings. The average molecular weight is 342 g/mol. The van der Waals surface area contributed by atoms with Crippen molar-refractivity contribution in [3.05, 3.63) is 52.7 Å². The number of nitrogens with zero attached hydrogens (tertiary/aromatic N) is 1. The molecule has 5 nitrogen and oxygen atoms in total. The van der Waals surface area contributed by atoms with Crippen LogP contribution in [0.4, 0.5) is 5.82 Å². The number of thiocarbonyl (C=S) groups is 1. The van der Waals surface area contributed by atoms with E-state index in [4.69, 9.17) is 29.6 Å². The molecule has 0 unspecified atom stereocenters. The maximum Gasteiger partial charge on any atom is 0.263 e. The minimum Gasteiger partial charge on any atom is -0.389 e. The zero-order valence-corrected chi connectivity index (χ0v) is 13.4. The van der Waals surface area contributed by atoms with E-state index >= 15 is 0 Å². The Morgan fingerprint density at radius 1 is 1.38 bits per heavy atom. The van der Waals surface area contributed by atoms with Crippen molar-refractivity contribution in [2.75, 3.05) is 4.72 Å². The van der Waals surface area contributed by atoms with Crippen LogP contribution in [0.2, 0.25) is 5.02 Å². The molecule has 3 N–H and O–H groups in total. The fourth-order valence-corrected chi connectivity index (χ4v) is 3.34. The summed E-state index contributed by atoms with van der Waals surface area (Å²) in [4.78, 5) is 4.11. The van der Waals surface area contributed by atoms with Crippen LogP contribution in [0, 0.1) is 6.92 Å². The zero-order valence-electron chi connectivity index (χ0n) is 11.0. The van der Waals surface area contributed by atoms with Gasteiger partial charge >= 0.3 is 0 Å². The molecule has 0 saturated heterocycles. The van der Waals surface area contributed by atoms with Crippen molar-refractivity contribution in [1.82, 2.24) is 4.98 Å². The highest BCUT2D eigenvalue weighted by atomic mass is 35.5. The highest BCUT2D eigenvalue weighted by Crippen LogP contribution is 2.24. The third-order valence-electron chi connectivity index (χ3n) is 2.75. The molecule has 0 atom stereocenters. The number of sulfonamides is 1. The number of benzene rings is 1. The summed E-state index contributed by atoms with van der Waals surface area (Å²) in [5.74, 6) is 0.0688. The van der Waals surface area contributed by atoms with E-state index in [-0.39, 0.29) is 20.7 Å². The first-order valence-corrected chi connectivity index (χ1v) is 8.12. The van der Waals surface area contributed by atoms with Gasteiger partial charge in [-0.1, -0.05) is 36.0 Å². The molecule has 1 heterocycles. The molecule has 0 fully saturated rings. The van der Waals surface area contributed by atoms with Crippen molar-refractivity contribution < 1.29 is 8.42 Å². The zero-order chi connectivity index (χ0) is 15.6. The minimum absolute atomic E-state index is 0.0688. The third-order valence-corrected chi connectivity index (χ3v) is 4.77. The Kier molecular flexibility index (Phi) is 4.46. The fourth-order valence-electron chi connectivity index (χ4n) is 1.69. The number of hydrogen-bond acceptors (Lipinski definition) is 4. The van der Waals surface area contributed by atoms with E-state index in [1.165, 1.54) is 12.3 Å². The smallest absolute Gasteiger partial charge is 0.263 e. The van der Waals surface area contributed by atoms with Crippen molar-refractivity contribution in [2.45, 2.75) is 11.8 Å². The van der Waals surface area contributed by atoms with Gasteiger partial charge in [0.25, 0.3) is 10.0 Å². The van der Waals surface area contributed by atoms with Crippen LogP contribution in [0.25, 0.3) is 0 Å². The number of nitrogens with one attached hydrogen (secondary N) is 1. The lowest BCUT2D eigenvalue weighted by Gasteiger charge is -2.11. The Hall–Kier alpha value is -1.70. The van der Waals surface area contributed by atoms with Gasteiger partial charge in [-0.05, 0) is 30.7 Å². The quantitative estimate of drug-likeness (QED) is 0.834. The van der Waals surface area contributed by atoms with E-state index in [0.717, 1.165) is 0 Å². The molecule has 2 rings (SSSR count). The first kappa shape index (κ1) is 15.7. The molecule has 0 spiro atoms. The van der Waals surface area contributed by atoms with Gasteiger partial charge in [0.05, 0.1) is 9.92 Å². The maximum absolute atomic E-state index is 12.5. The number of aryl methyl sites for hydroxylation is 1. The highest BCUT2D eigenvalue weighted by molar-refractivity contribution is 7.92. The fraction of sp³-hybridized carbons (Fsp3) is 0.0769. The van der Waals surface area contributed by atoms with Crippen molar-refractivity contribution >= 4 is 44.6 Å². The molecule has 0 aliphatic rings. The normalized spacial score (nSPS) is 11.1. The van der Waals surface area contributed by atoms with Crippen LogP contribution < -0.4 is 10.5 Å². The van der Waals surface area contributed by atoms with Crippen LogP contribution in [-0.2, 0) is 10.0 Å². The number of rotatable bonds is 4. The van der Waals surface area contributed by atoms with E-state index < -0.39 is 10.0 Å². The molecule has 0 radical (unpaired) electrons. The molecule has 0 saturated carbocycles. The first-order valence-electron chi connectivity index (χ1n) is 5.85. The number of hydrogen-bond donors (Lipinski definition) is 2. The van der Waals surface area contributed by atoms with E-state index in [1.807, 2.05) is 0 Å². The Bertz CT molecular complexity index is 807. The van der Waals surface area contributed by atoms with Crippen LogP contribution in [0.3, 0.4) is 0 Å². The monoisotopic (exact) mass is 341 g/mol. The SMILES string of the molecule is Cc1ccc(C(N)=S)cc1S(=O)(=O)Nc1ncccc1Cl. The van der Waals surface area contributed by atoms with Crippen LogP contribution >= 0.6 is 23.8 Å². The van der Waals surface area contributed by atoms with Crippen molar-refractivity contribution in [1.29, 1.82) is 0 Å². The van der Waals surface area contributed by atoms with Gasteiger partial charge in [-0.2, -0.15) is 0 Å². The van der Waals surface area contributed by atoms with Gasteiger partial charge in [0.2, 0.25) is 0 Å². The molecule has 8 heteroatoms. The average Bonchev–Trinajstić information content (AvgIpc) is 2.41. The number of pyridine rings is 1. The summed E-state index contributed by atoms with van der Waals surface area (Å²) in [6.45, 7) is 1.68. The van der Waals surface area contributed by atoms with Crippen LogP contribution in [0.5, 0.6) is 0 Å². The molecule has 0 bridgehead atoms. The summed E-state index contributed by atoms with van der Waals surface area (Å²) in [6, 6.07) is 7.90. The predicted molar refractivity (Wildman–Crippen MR) is 87.1 cm³/mol. The van der Waals surface area contributed by atoms with Crippen molar-refractivity contribution in [3.63, 3.8) is 0 Å². The van der Waals surface area contributed by atoms with Gasteiger partial charge in [0.1, 0.15) is 4.99 Å². The second-order valence-electron chi connectivity index (χ2n) is 4.28. The molecule has 0 aliphatic carbocycles. The first-order chi connectivity index (χ1) is 9.81. The van der Waals surface area contributed by atoms with Gasteiger partial charge in [-0.15, -0.1) is 0 Å². The predicted octanol–water partition coefficient (Wildman–Crippen LogP) is 2.48. The largest absolute Gasteiger partial charge is 0.389 e.